The lowest BCUT2D eigenvalue weighted by molar-refractivity contribution is -0.117. The summed E-state index contributed by atoms with van der Waals surface area (Å²) in [5.41, 5.74) is 1.67. The monoisotopic (exact) mass is 398 g/mol. The van der Waals surface area contributed by atoms with Gasteiger partial charge in [-0.05, 0) is 48.8 Å². The molecule has 2 aromatic rings. The number of imide groups is 1. The summed E-state index contributed by atoms with van der Waals surface area (Å²) in [6.45, 7) is 6.37. The summed E-state index contributed by atoms with van der Waals surface area (Å²) >= 11 is 1.36. The Morgan fingerprint density at radius 1 is 1.11 bits per heavy atom. The van der Waals surface area contributed by atoms with Gasteiger partial charge in [0.25, 0.3) is 5.91 Å². The number of thioether (sulfide) groups is 1. The van der Waals surface area contributed by atoms with Gasteiger partial charge in [-0.25, -0.2) is 0 Å². The lowest BCUT2D eigenvalue weighted by Crippen LogP contribution is -2.32. The molecule has 1 aromatic heterocycles. The molecule has 0 unspecified atom stereocenters. The molecular formula is C21H26N4O2S. The van der Waals surface area contributed by atoms with Crippen LogP contribution in [0.15, 0.2) is 29.4 Å². The maximum absolute atomic E-state index is 12.3. The van der Waals surface area contributed by atoms with Crippen molar-refractivity contribution < 1.29 is 9.59 Å². The van der Waals surface area contributed by atoms with Crippen molar-refractivity contribution in [3.8, 4) is 0 Å². The van der Waals surface area contributed by atoms with Crippen LogP contribution < -0.4 is 5.32 Å². The van der Waals surface area contributed by atoms with E-state index in [0.29, 0.717) is 17.5 Å². The smallest absolute Gasteiger partial charge is 0.257 e. The summed E-state index contributed by atoms with van der Waals surface area (Å²) in [6.07, 6.45) is 4.66. The van der Waals surface area contributed by atoms with Crippen LogP contribution in [0.2, 0.25) is 0 Å². The number of carbonyl (C=O) groups excluding carboxylic acids is 2. The topological polar surface area (TPSA) is 76.9 Å². The Morgan fingerprint density at radius 3 is 2.36 bits per heavy atom. The zero-order valence-electron chi connectivity index (χ0n) is 16.6. The van der Waals surface area contributed by atoms with Crippen molar-refractivity contribution in [2.24, 2.45) is 0 Å². The van der Waals surface area contributed by atoms with Gasteiger partial charge in [-0.1, -0.05) is 44.7 Å². The Labute approximate surface area is 169 Å². The Bertz CT molecular complexity index is 890. The molecular weight excluding hydrogens is 372 g/mol. The maximum Gasteiger partial charge on any atom is 0.257 e. The van der Waals surface area contributed by atoms with E-state index >= 15 is 0 Å². The first-order valence-electron chi connectivity index (χ1n) is 9.85. The van der Waals surface area contributed by atoms with Gasteiger partial charge in [-0.2, -0.15) is 0 Å². The second-order valence-corrected chi connectivity index (χ2v) is 9.65. The SMILES string of the molecule is CC(C)(C)c1ccc(C(=O)NC(=O)CSc2nnc(C3CC3)n2C2CC2)cc1. The van der Waals surface area contributed by atoms with E-state index in [-0.39, 0.29) is 23.0 Å². The molecule has 28 heavy (non-hydrogen) atoms. The maximum atomic E-state index is 12.3. The molecule has 2 aliphatic rings. The number of nitrogens with zero attached hydrogens (tertiary/aromatic N) is 3. The van der Waals surface area contributed by atoms with Gasteiger partial charge >= 0.3 is 0 Å². The van der Waals surface area contributed by atoms with E-state index in [2.05, 4.69) is 40.9 Å². The van der Waals surface area contributed by atoms with Crippen molar-refractivity contribution >= 4 is 23.6 Å². The number of carbonyl (C=O) groups is 2. The van der Waals surface area contributed by atoms with E-state index in [4.69, 9.17) is 0 Å². The van der Waals surface area contributed by atoms with Crippen molar-refractivity contribution in [1.82, 2.24) is 20.1 Å². The van der Waals surface area contributed by atoms with Gasteiger partial charge in [0.05, 0.1) is 5.75 Å². The highest BCUT2D eigenvalue weighted by Gasteiger charge is 2.36. The van der Waals surface area contributed by atoms with Crippen LogP contribution in [0.1, 0.15) is 80.2 Å². The molecule has 0 spiro atoms. The van der Waals surface area contributed by atoms with Crippen molar-refractivity contribution in [3.63, 3.8) is 0 Å². The average Bonchev–Trinajstić information content (AvgIpc) is 3.58. The summed E-state index contributed by atoms with van der Waals surface area (Å²) in [5, 5.41) is 11.9. The molecule has 0 radical (unpaired) electrons. The molecule has 2 amide bonds. The van der Waals surface area contributed by atoms with E-state index in [1.165, 1.54) is 24.6 Å². The summed E-state index contributed by atoms with van der Waals surface area (Å²) in [4.78, 5) is 24.6. The van der Waals surface area contributed by atoms with E-state index in [9.17, 15) is 9.59 Å². The molecule has 6 nitrogen and oxygen atoms in total. The minimum absolute atomic E-state index is 0.0261. The van der Waals surface area contributed by atoms with Crippen LogP contribution in [0.25, 0.3) is 0 Å². The van der Waals surface area contributed by atoms with Gasteiger partial charge in [0.1, 0.15) is 5.82 Å². The van der Waals surface area contributed by atoms with Gasteiger partial charge in [0.2, 0.25) is 5.91 Å². The third kappa shape index (κ3) is 4.29. The fourth-order valence-corrected chi connectivity index (χ4v) is 3.98. The number of aromatic nitrogens is 3. The highest BCUT2D eigenvalue weighted by atomic mass is 32.2. The fourth-order valence-electron chi connectivity index (χ4n) is 3.17. The Kier molecular flexibility index (Phi) is 5.04. The van der Waals surface area contributed by atoms with Crippen LogP contribution in [0.4, 0.5) is 0 Å². The molecule has 0 aliphatic heterocycles. The summed E-state index contributed by atoms with van der Waals surface area (Å²) in [7, 11) is 0. The van der Waals surface area contributed by atoms with Crippen LogP contribution in [-0.2, 0) is 10.2 Å². The lowest BCUT2D eigenvalue weighted by Gasteiger charge is -2.19. The van der Waals surface area contributed by atoms with Crippen molar-refractivity contribution in [2.45, 2.75) is 69.0 Å². The van der Waals surface area contributed by atoms with Gasteiger partial charge in [0, 0.05) is 17.5 Å². The summed E-state index contributed by atoms with van der Waals surface area (Å²) in [5.74, 6) is 1.08. The van der Waals surface area contributed by atoms with Crippen LogP contribution in [-0.4, -0.2) is 32.3 Å². The van der Waals surface area contributed by atoms with Gasteiger partial charge in [-0.3, -0.25) is 14.9 Å². The first-order valence-corrected chi connectivity index (χ1v) is 10.8. The molecule has 0 bridgehead atoms. The summed E-state index contributed by atoms with van der Waals surface area (Å²) in [6, 6.07) is 7.89. The quantitative estimate of drug-likeness (QED) is 0.748. The molecule has 2 fully saturated rings. The largest absolute Gasteiger partial charge is 0.303 e. The predicted octanol–water partition coefficient (Wildman–Crippen LogP) is 3.84. The number of rotatable bonds is 6. The molecule has 1 heterocycles. The second-order valence-electron chi connectivity index (χ2n) is 8.71. The number of hydrogen-bond acceptors (Lipinski definition) is 5. The zero-order valence-corrected chi connectivity index (χ0v) is 17.4. The van der Waals surface area contributed by atoms with Crippen molar-refractivity contribution in [1.29, 1.82) is 0 Å². The first kappa shape index (κ1) is 19.2. The molecule has 1 aromatic carbocycles. The molecule has 1 N–H and O–H groups in total. The average molecular weight is 399 g/mol. The Morgan fingerprint density at radius 2 is 1.79 bits per heavy atom. The second kappa shape index (κ2) is 7.35. The van der Waals surface area contributed by atoms with Gasteiger partial charge < -0.3 is 4.57 Å². The molecule has 0 saturated heterocycles. The van der Waals surface area contributed by atoms with Gasteiger partial charge in [-0.15, -0.1) is 10.2 Å². The molecule has 0 atom stereocenters. The number of benzene rings is 1. The van der Waals surface area contributed by atoms with E-state index in [1.54, 1.807) is 12.1 Å². The normalized spacial score (nSPS) is 16.8. The zero-order chi connectivity index (χ0) is 19.9. The highest BCUT2D eigenvalue weighted by molar-refractivity contribution is 7.99. The van der Waals surface area contributed by atoms with E-state index in [1.807, 2.05) is 12.1 Å². The molecule has 2 saturated carbocycles. The number of hydrogen-bond donors (Lipinski definition) is 1. The van der Waals surface area contributed by atoms with Crippen molar-refractivity contribution in [2.75, 3.05) is 5.75 Å². The Hall–Kier alpha value is -2.15. The molecule has 148 valence electrons. The first-order chi connectivity index (χ1) is 13.3. The Balaban J connectivity index is 1.34. The molecule has 2 aliphatic carbocycles. The van der Waals surface area contributed by atoms with Crippen LogP contribution in [0.5, 0.6) is 0 Å². The van der Waals surface area contributed by atoms with Crippen LogP contribution in [0, 0.1) is 0 Å². The standard InChI is InChI=1S/C21H26N4O2S/c1-21(2,3)15-8-6-14(7-9-15)19(27)22-17(26)12-28-20-24-23-18(13-4-5-13)25(20)16-10-11-16/h6-9,13,16H,4-5,10-12H2,1-3H3,(H,22,26,27). The van der Waals surface area contributed by atoms with E-state index < -0.39 is 0 Å². The van der Waals surface area contributed by atoms with E-state index in [0.717, 1.165) is 29.4 Å². The lowest BCUT2D eigenvalue weighted by atomic mass is 9.87. The van der Waals surface area contributed by atoms with Gasteiger partial charge in [0.15, 0.2) is 5.16 Å². The highest BCUT2D eigenvalue weighted by Crippen LogP contribution is 2.45. The third-order valence-corrected chi connectivity index (χ3v) is 6.09. The summed E-state index contributed by atoms with van der Waals surface area (Å²) < 4.78 is 2.21. The van der Waals surface area contributed by atoms with Crippen LogP contribution >= 0.6 is 11.8 Å². The third-order valence-electron chi connectivity index (χ3n) is 5.14. The van der Waals surface area contributed by atoms with Crippen LogP contribution in [0.3, 0.4) is 0 Å². The molecule has 4 rings (SSSR count). The molecule has 7 heteroatoms. The predicted molar refractivity (Wildman–Crippen MR) is 109 cm³/mol. The van der Waals surface area contributed by atoms with Crippen molar-refractivity contribution in [3.05, 3.63) is 41.2 Å². The minimum Gasteiger partial charge on any atom is -0.303 e. The number of amides is 2. The number of nitrogens with one attached hydrogen (secondary N) is 1. The fraction of sp³-hybridized carbons (Fsp3) is 0.524. The minimum atomic E-state index is -0.367.